The van der Waals surface area contributed by atoms with Gasteiger partial charge in [-0.3, -0.25) is 0 Å². The van der Waals surface area contributed by atoms with E-state index in [4.69, 9.17) is 4.74 Å². The molecule has 0 saturated carbocycles. The van der Waals surface area contributed by atoms with E-state index in [0.717, 1.165) is 34.4 Å². The summed E-state index contributed by atoms with van der Waals surface area (Å²) >= 11 is 0. The van der Waals surface area contributed by atoms with Gasteiger partial charge in [0.2, 0.25) is 0 Å². The highest BCUT2D eigenvalue weighted by atomic mass is 19.1. The zero-order chi connectivity index (χ0) is 23.3. The van der Waals surface area contributed by atoms with E-state index in [9.17, 15) is 4.39 Å². The largest absolute Gasteiger partial charge is 0.490 e. The molecule has 176 valence electrons. The minimum Gasteiger partial charge on any atom is -0.490 e. The molecule has 3 nitrogen and oxygen atoms in total. The Balaban J connectivity index is 1.47. The zero-order valence-electron chi connectivity index (χ0n) is 20.1. The second-order valence-corrected chi connectivity index (χ2v) is 8.70. The van der Waals surface area contributed by atoms with Crippen LogP contribution in [0.25, 0.3) is 22.5 Å². The molecule has 3 aromatic rings. The first-order chi connectivity index (χ1) is 16.2. The van der Waals surface area contributed by atoms with Crippen LogP contribution in [0.5, 0.6) is 5.75 Å². The minimum atomic E-state index is -0.771. The number of hydrogen-bond donors (Lipinski definition) is 0. The number of unbranched alkanes of at least 4 members (excludes halogenated alkanes) is 6. The van der Waals surface area contributed by atoms with Crippen molar-refractivity contribution in [2.24, 2.45) is 0 Å². The molecular formula is C29H37FN2O. The molecule has 4 heteroatoms. The van der Waals surface area contributed by atoms with Crippen molar-refractivity contribution < 1.29 is 9.13 Å². The highest BCUT2D eigenvalue weighted by molar-refractivity contribution is 5.67. The summed E-state index contributed by atoms with van der Waals surface area (Å²) in [5, 5.41) is 0. The van der Waals surface area contributed by atoms with Crippen LogP contribution in [0.3, 0.4) is 0 Å². The maximum atomic E-state index is 13.6. The van der Waals surface area contributed by atoms with Crippen LogP contribution in [-0.4, -0.2) is 22.7 Å². The van der Waals surface area contributed by atoms with E-state index in [0.29, 0.717) is 25.3 Å². The standard InChI is InChI=1S/C29H37FN2O/c1-3-5-6-7-8-9-10-19-33-28-21-31-29(32-22-28)26-17-15-25(16-18-26)24-13-11-23(12-14-24)20-27(30)4-2/h11-18,21-22,27H,3-10,19-20H2,1-2H3. The molecule has 0 fully saturated rings. The Labute approximate surface area is 198 Å². The number of benzene rings is 2. The van der Waals surface area contributed by atoms with E-state index in [1.165, 1.54) is 38.5 Å². The summed E-state index contributed by atoms with van der Waals surface area (Å²) in [7, 11) is 0. The average Bonchev–Trinajstić information content (AvgIpc) is 2.86. The minimum absolute atomic E-state index is 0.478. The summed E-state index contributed by atoms with van der Waals surface area (Å²) in [4.78, 5) is 8.95. The summed E-state index contributed by atoms with van der Waals surface area (Å²) in [6, 6.07) is 16.4. The SMILES string of the molecule is CCCCCCCCCOc1cnc(-c2ccc(-c3ccc(CC(F)CC)cc3)cc2)nc1. The van der Waals surface area contributed by atoms with E-state index in [2.05, 4.69) is 41.2 Å². The van der Waals surface area contributed by atoms with Crippen molar-refractivity contribution in [2.75, 3.05) is 6.61 Å². The van der Waals surface area contributed by atoms with Gasteiger partial charge in [0, 0.05) is 12.0 Å². The van der Waals surface area contributed by atoms with Crippen molar-refractivity contribution in [2.45, 2.75) is 77.8 Å². The Kier molecular flexibility index (Phi) is 10.3. The van der Waals surface area contributed by atoms with Gasteiger partial charge < -0.3 is 4.74 Å². The van der Waals surface area contributed by atoms with Crippen LogP contribution in [0.4, 0.5) is 4.39 Å². The molecule has 2 aromatic carbocycles. The molecule has 0 radical (unpaired) electrons. The third-order valence-corrected chi connectivity index (χ3v) is 5.98. The lowest BCUT2D eigenvalue weighted by Crippen LogP contribution is -2.02. The number of ether oxygens (including phenoxy) is 1. The van der Waals surface area contributed by atoms with Gasteiger partial charge in [0.15, 0.2) is 11.6 Å². The van der Waals surface area contributed by atoms with Crippen LogP contribution in [0, 0.1) is 0 Å². The molecule has 1 unspecified atom stereocenters. The van der Waals surface area contributed by atoms with Crippen molar-refractivity contribution in [3.05, 3.63) is 66.5 Å². The summed E-state index contributed by atoms with van der Waals surface area (Å²) in [6.07, 6.45) is 12.7. The summed E-state index contributed by atoms with van der Waals surface area (Å²) in [5.74, 6) is 1.41. The first-order valence-corrected chi connectivity index (χ1v) is 12.5. The van der Waals surface area contributed by atoms with Gasteiger partial charge in [-0.1, -0.05) is 101 Å². The molecule has 1 aromatic heterocycles. The van der Waals surface area contributed by atoms with E-state index < -0.39 is 6.17 Å². The fraction of sp³-hybridized carbons (Fsp3) is 0.448. The van der Waals surface area contributed by atoms with Gasteiger partial charge >= 0.3 is 0 Å². The number of aromatic nitrogens is 2. The summed E-state index contributed by atoms with van der Waals surface area (Å²) < 4.78 is 19.4. The molecule has 0 spiro atoms. The van der Waals surface area contributed by atoms with Gasteiger partial charge in [0.25, 0.3) is 0 Å². The first-order valence-electron chi connectivity index (χ1n) is 12.5. The van der Waals surface area contributed by atoms with Crippen LogP contribution in [0.15, 0.2) is 60.9 Å². The predicted molar refractivity (Wildman–Crippen MR) is 135 cm³/mol. The Hall–Kier alpha value is -2.75. The molecule has 0 aliphatic rings. The van der Waals surface area contributed by atoms with Crippen LogP contribution in [0.2, 0.25) is 0 Å². The van der Waals surface area contributed by atoms with Crippen molar-refractivity contribution in [3.63, 3.8) is 0 Å². The van der Waals surface area contributed by atoms with Crippen molar-refractivity contribution in [1.82, 2.24) is 9.97 Å². The number of alkyl halides is 1. The van der Waals surface area contributed by atoms with E-state index >= 15 is 0 Å². The Bertz CT molecular complexity index is 923. The molecule has 1 atom stereocenters. The quantitative estimate of drug-likeness (QED) is 0.233. The monoisotopic (exact) mass is 448 g/mol. The van der Waals surface area contributed by atoms with Crippen molar-refractivity contribution in [3.8, 4) is 28.3 Å². The number of hydrogen-bond acceptors (Lipinski definition) is 3. The molecule has 0 aliphatic heterocycles. The number of rotatable bonds is 14. The second kappa shape index (κ2) is 13.7. The van der Waals surface area contributed by atoms with Crippen LogP contribution in [0.1, 0.15) is 70.8 Å². The molecule has 0 saturated heterocycles. The molecule has 0 bridgehead atoms. The van der Waals surface area contributed by atoms with Gasteiger partial charge in [-0.2, -0.15) is 0 Å². The maximum absolute atomic E-state index is 13.6. The van der Waals surface area contributed by atoms with Gasteiger partial charge in [-0.25, -0.2) is 14.4 Å². The zero-order valence-corrected chi connectivity index (χ0v) is 20.1. The topological polar surface area (TPSA) is 35.0 Å². The van der Waals surface area contributed by atoms with Gasteiger partial charge in [0.05, 0.1) is 19.0 Å². The second-order valence-electron chi connectivity index (χ2n) is 8.70. The van der Waals surface area contributed by atoms with Crippen molar-refractivity contribution in [1.29, 1.82) is 0 Å². The maximum Gasteiger partial charge on any atom is 0.159 e. The highest BCUT2D eigenvalue weighted by Gasteiger charge is 2.07. The Morgan fingerprint density at radius 3 is 1.88 bits per heavy atom. The van der Waals surface area contributed by atoms with Gasteiger partial charge in [-0.15, -0.1) is 0 Å². The fourth-order valence-electron chi connectivity index (χ4n) is 3.83. The first kappa shape index (κ1) is 24.9. The molecular weight excluding hydrogens is 411 g/mol. The highest BCUT2D eigenvalue weighted by Crippen LogP contribution is 2.24. The normalized spacial score (nSPS) is 12.0. The molecule has 33 heavy (non-hydrogen) atoms. The third kappa shape index (κ3) is 8.27. The molecule has 3 rings (SSSR count). The van der Waals surface area contributed by atoms with E-state index in [-0.39, 0.29) is 0 Å². The van der Waals surface area contributed by atoms with Crippen LogP contribution in [-0.2, 0) is 6.42 Å². The lowest BCUT2D eigenvalue weighted by Gasteiger charge is -2.08. The molecule has 0 aliphatic carbocycles. The van der Waals surface area contributed by atoms with Gasteiger partial charge in [0.1, 0.15) is 6.17 Å². The lowest BCUT2D eigenvalue weighted by atomic mass is 10.00. The lowest BCUT2D eigenvalue weighted by molar-refractivity contribution is 0.302. The number of nitrogens with zero attached hydrogens (tertiary/aromatic N) is 2. The summed E-state index contributed by atoms with van der Waals surface area (Å²) in [6.45, 7) is 4.84. The third-order valence-electron chi connectivity index (χ3n) is 5.98. The Morgan fingerprint density at radius 2 is 1.27 bits per heavy atom. The average molecular weight is 449 g/mol. The molecule has 0 amide bonds. The summed E-state index contributed by atoms with van der Waals surface area (Å²) in [5.41, 5.74) is 4.24. The van der Waals surface area contributed by atoms with Gasteiger partial charge in [-0.05, 0) is 29.5 Å². The Morgan fingerprint density at radius 1 is 0.727 bits per heavy atom. The molecule has 0 N–H and O–H groups in total. The van der Waals surface area contributed by atoms with E-state index in [1.54, 1.807) is 12.4 Å². The number of halogens is 1. The smallest absolute Gasteiger partial charge is 0.159 e. The molecule has 1 heterocycles. The fourth-order valence-corrected chi connectivity index (χ4v) is 3.83. The van der Waals surface area contributed by atoms with Crippen molar-refractivity contribution >= 4 is 0 Å². The van der Waals surface area contributed by atoms with Crippen LogP contribution < -0.4 is 4.74 Å². The van der Waals surface area contributed by atoms with Crippen LogP contribution >= 0.6 is 0 Å². The predicted octanol–water partition coefficient (Wildman–Crippen LogP) is 8.23. The van der Waals surface area contributed by atoms with E-state index in [1.807, 2.05) is 31.2 Å².